The number of benzene rings is 1. The first-order chi connectivity index (χ1) is 11.2. The van der Waals surface area contributed by atoms with Gasteiger partial charge in [0.05, 0.1) is 0 Å². The van der Waals surface area contributed by atoms with Gasteiger partial charge in [0.15, 0.2) is 0 Å². The van der Waals surface area contributed by atoms with Crippen molar-refractivity contribution in [3.05, 3.63) is 41.9 Å². The van der Waals surface area contributed by atoms with Crippen LogP contribution in [-0.4, -0.2) is 42.1 Å². The third kappa shape index (κ3) is 3.45. The molecule has 1 amide bonds. The predicted octanol–water partition coefficient (Wildman–Crippen LogP) is 3.35. The van der Waals surface area contributed by atoms with Crippen LogP contribution in [0.25, 0.3) is 16.5 Å². The van der Waals surface area contributed by atoms with Crippen LogP contribution < -0.4 is 0 Å². The van der Waals surface area contributed by atoms with E-state index in [-0.39, 0.29) is 18.3 Å². The summed E-state index contributed by atoms with van der Waals surface area (Å²) in [5.41, 5.74) is 3.09. The van der Waals surface area contributed by atoms with E-state index in [1.807, 2.05) is 18.0 Å². The molecule has 1 N–H and O–H groups in total. The highest BCUT2D eigenvalue weighted by atomic mass is 19.1. The quantitative estimate of drug-likeness (QED) is 0.860. The molecule has 3 rings (SSSR count). The fourth-order valence-electron chi connectivity index (χ4n) is 2.90. The average molecular weight is 316 g/mol. The van der Waals surface area contributed by atoms with Crippen LogP contribution in [0.4, 0.5) is 4.39 Å². The van der Waals surface area contributed by atoms with Gasteiger partial charge in [-0.1, -0.05) is 13.0 Å². The number of carbonyl (C=O) groups is 1. The Kier molecular flexibility index (Phi) is 4.76. The monoisotopic (exact) mass is 316 g/mol. The van der Waals surface area contributed by atoms with Crippen molar-refractivity contribution in [1.82, 2.24) is 9.88 Å². The Morgan fingerprint density at radius 3 is 3.04 bits per heavy atom. The molecule has 1 aromatic carbocycles. The highest BCUT2D eigenvalue weighted by molar-refractivity contribution is 5.93. The Bertz CT molecular complexity index is 736. The molecule has 0 spiro atoms. The second kappa shape index (κ2) is 6.96. The molecule has 0 radical (unpaired) electrons. The molecular weight excluding hydrogens is 295 g/mol. The SMILES string of the molecule is CCCOCC(=O)N1CC=C(c2c[nH]c3cc(F)ccc23)CC1. The first-order valence-electron chi connectivity index (χ1n) is 8.00. The van der Waals surface area contributed by atoms with E-state index < -0.39 is 0 Å². The van der Waals surface area contributed by atoms with Gasteiger partial charge in [0.2, 0.25) is 5.91 Å². The van der Waals surface area contributed by atoms with Gasteiger partial charge in [-0.3, -0.25) is 4.79 Å². The number of hydrogen-bond donors (Lipinski definition) is 1. The molecule has 23 heavy (non-hydrogen) atoms. The maximum Gasteiger partial charge on any atom is 0.248 e. The minimum absolute atomic E-state index is 0.0368. The van der Waals surface area contributed by atoms with Crippen molar-refractivity contribution in [2.45, 2.75) is 19.8 Å². The number of ether oxygens (including phenoxy) is 1. The molecule has 0 saturated heterocycles. The van der Waals surface area contributed by atoms with Gasteiger partial charge >= 0.3 is 0 Å². The molecule has 1 aliphatic heterocycles. The van der Waals surface area contributed by atoms with Crippen LogP contribution in [0, 0.1) is 5.82 Å². The minimum atomic E-state index is -0.243. The van der Waals surface area contributed by atoms with Crippen molar-refractivity contribution in [2.75, 3.05) is 26.3 Å². The number of halogens is 1. The van der Waals surface area contributed by atoms with Gasteiger partial charge in [-0.15, -0.1) is 0 Å². The lowest BCUT2D eigenvalue weighted by Crippen LogP contribution is -2.37. The van der Waals surface area contributed by atoms with Crippen molar-refractivity contribution in [3.8, 4) is 0 Å². The topological polar surface area (TPSA) is 45.3 Å². The van der Waals surface area contributed by atoms with Crippen LogP contribution in [0.5, 0.6) is 0 Å². The molecular formula is C18H21FN2O2. The molecule has 122 valence electrons. The number of fused-ring (bicyclic) bond motifs is 1. The Hall–Kier alpha value is -2.14. The second-order valence-corrected chi connectivity index (χ2v) is 5.76. The largest absolute Gasteiger partial charge is 0.372 e. The standard InChI is InChI=1S/C18H21FN2O2/c1-2-9-23-12-18(22)21-7-5-13(6-8-21)16-11-20-17-10-14(19)3-4-15(16)17/h3-5,10-11,20H,2,6-9,12H2,1H3. The van der Waals surface area contributed by atoms with Crippen molar-refractivity contribution in [2.24, 2.45) is 0 Å². The Balaban J connectivity index is 1.69. The van der Waals surface area contributed by atoms with Crippen LogP contribution in [-0.2, 0) is 9.53 Å². The van der Waals surface area contributed by atoms with Crippen LogP contribution >= 0.6 is 0 Å². The first-order valence-corrected chi connectivity index (χ1v) is 8.00. The number of aromatic amines is 1. The Morgan fingerprint density at radius 2 is 2.30 bits per heavy atom. The molecule has 0 saturated carbocycles. The third-order valence-corrected chi connectivity index (χ3v) is 4.13. The van der Waals surface area contributed by atoms with Crippen LogP contribution in [0.3, 0.4) is 0 Å². The number of nitrogens with one attached hydrogen (secondary N) is 1. The number of amides is 1. The van der Waals surface area contributed by atoms with Gasteiger partial charge in [-0.25, -0.2) is 4.39 Å². The zero-order valence-corrected chi connectivity index (χ0v) is 13.3. The van der Waals surface area contributed by atoms with Crippen LogP contribution in [0.2, 0.25) is 0 Å². The molecule has 4 nitrogen and oxygen atoms in total. The van der Waals surface area contributed by atoms with E-state index in [1.165, 1.54) is 17.7 Å². The first kappa shape index (κ1) is 15.7. The molecule has 0 fully saturated rings. The summed E-state index contributed by atoms with van der Waals surface area (Å²) in [5, 5.41) is 1.02. The van der Waals surface area contributed by atoms with E-state index >= 15 is 0 Å². The molecule has 0 aliphatic carbocycles. The lowest BCUT2D eigenvalue weighted by Gasteiger charge is -2.26. The molecule has 0 atom stereocenters. The fourth-order valence-corrected chi connectivity index (χ4v) is 2.90. The summed E-state index contributed by atoms with van der Waals surface area (Å²) >= 11 is 0. The number of nitrogens with zero attached hydrogens (tertiary/aromatic N) is 1. The van der Waals surface area contributed by atoms with E-state index in [4.69, 9.17) is 4.74 Å². The molecule has 5 heteroatoms. The van der Waals surface area contributed by atoms with Crippen LogP contribution in [0.15, 0.2) is 30.5 Å². The van der Waals surface area contributed by atoms with E-state index in [2.05, 4.69) is 11.1 Å². The summed E-state index contributed by atoms with van der Waals surface area (Å²) < 4.78 is 18.6. The van der Waals surface area contributed by atoms with Gasteiger partial charge in [0.25, 0.3) is 0 Å². The van der Waals surface area contributed by atoms with Gasteiger partial charge in [0.1, 0.15) is 12.4 Å². The van der Waals surface area contributed by atoms with Gasteiger partial charge in [-0.05, 0) is 36.6 Å². The summed E-state index contributed by atoms with van der Waals surface area (Å²) in [5.74, 6) is -0.206. The maximum absolute atomic E-state index is 13.3. The van der Waals surface area contributed by atoms with Crippen molar-refractivity contribution in [3.63, 3.8) is 0 Å². The molecule has 0 bridgehead atoms. The zero-order valence-electron chi connectivity index (χ0n) is 13.3. The number of H-pyrrole nitrogens is 1. The summed E-state index contributed by atoms with van der Waals surface area (Å²) in [6.07, 6.45) is 5.70. The van der Waals surface area contributed by atoms with E-state index in [0.29, 0.717) is 19.7 Å². The molecule has 0 unspecified atom stereocenters. The predicted molar refractivity (Wildman–Crippen MR) is 88.5 cm³/mol. The number of aromatic nitrogens is 1. The van der Waals surface area contributed by atoms with Gasteiger partial charge < -0.3 is 14.6 Å². The zero-order chi connectivity index (χ0) is 16.2. The van der Waals surface area contributed by atoms with E-state index in [9.17, 15) is 9.18 Å². The smallest absolute Gasteiger partial charge is 0.248 e. The number of rotatable bonds is 5. The molecule has 1 aliphatic rings. The summed E-state index contributed by atoms with van der Waals surface area (Å²) in [6, 6.07) is 4.78. The summed E-state index contributed by atoms with van der Waals surface area (Å²) in [4.78, 5) is 17.0. The summed E-state index contributed by atoms with van der Waals surface area (Å²) in [6.45, 7) is 4.08. The second-order valence-electron chi connectivity index (χ2n) is 5.76. The number of hydrogen-bond acceptors (Lipinski definition) is 2. The highest BCUT2D eigenvalue weighted by Gasteiger charge is 2.19. The Labute approximate surface area is 134 Å². The number of carbonyl (C=O) groups excluding carboxylic acids is 1. The highest BCUT2D eigenvalue weighted by Crippen LogP contribution is 2.29. The van der Waals surface area contributed by atoms with Gasteiger partial charge in [-0.2, -0.15) is 0 Å². The van der Waals surface area contributed by atoms with Crippen molar-refractivity contribution < 1.29 is 13.9 Å². The maximum atomic E-state index is 13.3. The third-order valence-electron chi connectivity index (χ3n) is 4.13. The summed E-state index contributed by atoms with van der Waals surface area (Å²) in [7, 11) is 0. The minimum Gasteiger partial charge on any atom is -0.372 e. The van der Waals surface area contributed by atoms with E-state index in [0.717, 1.165) is 29.3 Å². The average Bonchev–Trinajstić information content (AvgIpc) is 2.98. The lowest BCUT2D eigenvalue weighted by atomic mass is 9.99. The normalized spacial score (nSPS) is 15.0. The van der Waals surface area contributed by atoms with E-state index in [1.54, 1.807) is 6.07 Å². The Morgan fingerprint density at radius 1 is 1.43 bits per heavy atom. The van der Waals surface area contributed by atoms with Gasteiger partial charge in [0, 0.05) is 42.4 Å². The fraction of sp³-hybridized carbons (Fsp3) is 0.389. The molecule has 2 heterocycles. The van der Waals surface area contributed by atoms with Crippen LogP contribution in [0.1, 0.15) is 25.3 Å². The molecule has 1 aromatic heterocycles. The molecule has 2 aromatic rings. The lowest BCUT2D eigenvalue weighted by molar-refractivity contribution is -0.135. The van der Waals surface area contributed by atoms with Crippen molar-refractivity contribution in [1.29, 1.82) is 0 Å². The van der Waals surface area contributed by atoms with Crippen molar-refractivity contribution >= 4 is 22.4 Å².